The van der Waals surface area contributed by atoms with Crippen LogP contribution in [-0.4, -0.2) is 44.5 Å². The molecule has 1 N–H and O–H groups in total. The van der Waals surface area contributed by atoms with Gasteiger partial charge in [-0.15, -0.1) is 0 Å². The van der Waals surface area contributed by atoms with E-state index in [1.165, 1.54) is 6.07 Å². The van der Waals surface area contributed by atoms with Crippen molar-refractivity contribution in [2.45, 2.75) is 11.6 Å². The number of aromatic nitrogens is 1. The number of aliphatic hydroxyl groups excluding tert-OH is 1. The van der Waals surface area contributed by atoms with Crippen molar-refractivity contribution in [3.63, 3.8) is 0 Å². The number of methoxy groups -OCH3 is 1. The molecule has 2 aromatic carbocycles. The maximum absolute atomic E-state index is 11.5. The molecule has 0 unspecified atom stereocenters. The second-order valence-corrected chi connectivity index (χ2v) is 7.77. The second kappa shape index (κ2) is 7.16. The molecular weight excluding hydrogens is 371 g/mol. The maximum atomic E-state index is 11.5. The minimum absolute atomic E-state index is 0.0824. The number of hydrogen-bond acceptors (Lipinski definition) is 5. The predicted octanol–water partition coefficient (Wildman–Crippen LogP) is 2.44. The zero-order valence-corrected chi connectivity index (χ0v) is 15.0. The fourth-order valence-electron chi connectivity index (χ4n) is 2.64. The fraction of sp³-hybridized carbons (Fsp3) is 0.235. The summed E-state index contributed by atoms with van der Waals surface area (Å²) in [7, 11) is 1.59. The van der Waals surface area contributed by atoms with E-state index in [0.29, 0.717) is 23.1 Å². The number of rotatable bonds is 6. The summed E-state index contributed by atoms with van der Waals surface area (Å²) >= 11 is -0.336. The molecule has 0 atom stereocenters. The summed E-state index contributed by atoms with van der Waals surface area (Å²) in [5, 5.41) is 22.9. The van der Waals surface area contributed by atoms with Crippen molar-refractivity contribution in [3.05, 3.63) is 46.5 Å². The van der Waals surface area contributed by atoms with Gasteiger partial charge < -0.3 is 0 Å². The Kier molecular flexibility index (Phi) is 4.97. The van der Waals surface area contributed by atoms with E-state index in [9.17, 15) is 10.1 Å². The molecule has 3 aromatic rings. The summed E-state index contributed by atoms with van der Waals surface area (Å²) < 4.78 is 6.28. The van der Waals surface area contributed by atoms with Crippen LogP contribution >= 0.6 is 0 Å². The van der Waals surface area contributed by atoms with Crippen LogP contribution in [0.4, 0.5) is 5.69 Å². The van der Waals surface area contributed by atoms with Crippen molar-refractivity contribution in [2.24, 2.45) is 0 Å². The van der Waals surface area contributed by atoms with E-state index in [4.69, 9.17) is 9.84 Å². The average Bonchev–Trinajstić information content (AvgIpc) is 2.60. The van der Waals surface area contributed by atoms with E-state index in [1.54, 1.807) is 13.2 Å². The van der Waals surface area contributed by atoms with E-state index in [2.05, 4.69) is 4.98 Å². The minimum atomic E-state index is -0.354. The normalized spacial score (nSPS) is 11.6. The second-order valence-electron chi connectivity index (χ2n) is 5.23. The number of hydrogen-bond donors (Lipinski definition) is 1. The molecule has 1 aromatic heterocycles. The van der Waals surface area contributed by atoms with Crippen LogP contribution in [0.5, 0.6) is 5.75 Å². The van der Waals surface area contributed by atoms with E-state index in [-0.39, 0.29) is 33.0 Å². The van der Waals surface area contributed by atoms with Gasteiger partial charge in [-0.05, 0) is 0 Å². The quantitative estimate of drug-likeness (QED) is 0.231. The third-order valence-electron chi connectivity index (χ3n) is 3.74. The summed E-state index contributed by atoms with van der Waals surface area (Å²) in [6, 6.07) is 10.6. The Morgan fingerprint density at radius 2 is 2.12 bits per heavy atom. The number of nitrogens with zero attached hydrogens (tertiary/aromatic N) is 2. The SMILES string of the molecule is COc1ccc2nc3cccc([N+](=O)[O-])c3c([As]CCCO)c2c1. The summed E-state index contributed by atoms with van der Waals surface area (Å²) in [5.41, 5.74) is 1.52. The molecule has 3 rings (SSSR count). The number of benzene rings is 2. The molecule has 6 nitrogen and oxygen atoms in total. The molecule has 0 aliphatic rings. The first-order valence-corrected chi connectivity index (χ1v) is 9.75. The average molecular weight is 387 g/mol. The summed E-state index contributed by atoms with van der Waals surface area (Å²) in [6.45, 7) is 0.127. The summed E-state index contributed by atoms with van der Waals surface area (Å²) in [6.07, 6.45) is 0.690. The number of nitro benzene ring substituents is 1. The molecule has 0 bridgehead atoms. The molecule has 24 heavy (non-hydrogen) atoms. The number of ether oxygens (including phenoxy) is 1. The van der Waals surface area contributed by atoms with Crippen molar-refractivity contribution in [1.29, 1.82) is 0 Å². The van der Waals surface area contributed by atoms with Gasteiger partial charge in [0.05, 0.1) is 0 Å². The van der Waals surface area contributed by atoms with E-state index >= 15 is 0 Å². The Hall–Kier alpha value is -2.17. The predicted molar refractivity (Wildman–Crippen MR) is 94.4 cm³/mol. The third-order valence-corrected chi connectivity index (χ3v) is 6.51. The molecule has 7 heteroatoms. The Morgan fingerprint density at radius 3 is 2.83 bits per heavy atom. The third kappa shape index (κ3) is 3.07. The van der Waals surface area contributed by atoms with Crippen LogP contribution < -0.4 is 9.09 Å². The molecule has 123 valence electrons. The van der Waals surface area contributed by atoms with Crippen LogP contribution in [0, 0.1) is 10.1 Å². The van der Waals surface area contributed by atoms with Crippen molar-refractivity contribution >= 4 is 47.6 Å². The Labute approximate surface area is 145 Å². The Morgan fingerprint density at radius 1 is 1.29 bits per heavy atom. The fourth-order valence-corrected chi connectivity index (χ4v) is 5.28. The van der Waals surface area contributed by atoms with Crippen LogP contribution in [0.3, 0.4) is 0 Å². The number of non-ortho nitro benzene ring substituents is 1. The van der Waals surface area contributed by atoms with Crippen LogP contribution in [0.25, 0.3) is 21.8 Å². The van der Waals surface area contributed by atoms with Crippen LogP contribution in [-0.2, 0) is 0 Å². The molecule has 1 heterocycles. The van der Waals surface area contributed by atoms with Gasteiger partial charge in [0, 0.05) is 0 Å². The van der Waals surface area contributed by atoms with Gasteiger partial charge in [-0.25, -0.2) is 0 Å². The van der Waals surface area contributed by atoms with Gasteiger partial charge in [0.15, 0.2) is 0 Å². The van der Waals surface area contributed by atoms with Gasteiger partial charge in [0.25, 0.3) is 0 Å². The van der Waals surface area contributed by atoms with Gasteiger partial charge in [0.2, 0.25) is 0 Å². The first kappa shape index (κ1) is 16.7. The molecule has 0 amide bonds. The van der Waals surface area contributed by atoms with Gasteiger partial charge >= 0.3 is 145 Å². The van der Waals surface area contributed by atoms with Gasteiger partial charge in [-0.3, -0.25) is 0 Å². The van der Waals surface area contributed by atoms with Crippen molar-refractivity contribution < 1.29 is 14.8 Å². The van der Waals surface area contributed by atoms with Gasteiger partial charge in [0.1, 0.15) is 0 Å². The van der Waals surface area contributed by atoms with Crippen LogP contribution in [0.15, 0.2) is 36.4 Å². The van der Waals surface area contributed by atoms with Crippen molar-refractivity contribution in [1.82, 2.24) is 4.98 Å². The van der Waals surface area contributed by atoms with Crippen molar-refractivity contribution in [3.8, 4) is 5.75 Å². The number of fused-ring (bicyclic) bond motifs is 2. The molecule has 0 aliphatic carbocycles. The molecule has 0 saturated heterocycles. The number of nitro groups is 1. The van der Waals surface area contributed by atoms with E-state index < -0.39 is 0 Å². The number of aliphatic hydroxyl groups is 1. The molecule has 0 saturated carbocycles. The molecular formula is C17H16AsN2O4. The topological polar surface area (TPSA) is 85.5 Å². The van der Waals surface area contributed by atoms with Gasteiger partial charge in [-0.1, -0.05) is 0 Å². The standard InChI is InChI=1S/C17H16AsN2O4/c1-24-11-6-7-13-12(10-11)17(18-8-3-9-21)16-14(19-13)4-2-5-15(16)20(22)23/h2,4-7,10,21H,3,8-9H2,1H3. The first-order chi connectivity index (χ1) is 11.7. The monoisotopic (exact) mass is 387 g/mol. The summed E-state index contributed by atoms with van der Waals surface area (Å²) in [4.78, 5) is 15.7. The zero-order chi connectivity index (χ0) is 17.1. The molecule has 1 radical (unpaired) electrons. The van der Waals surface area contributed by atoms with Crippen LogP contribution in [0.1, 0.15) is 6.42 Å². The van der Waals surface area contributed by atoms with Gasteiger partial charge in [-0.2, -0.15) is 0 Å². The molecule has 0 fully saturated rings. The van der Waals surface area contributed by atoms with E-state index in [0.717, 1.165) is 20.5 Å². The molecule has 0 aliphatic heterocycles. The zero-order valence-electron chi connectivity index (χ0n) is 13.1. The number of pyridine rings is 1. The Balaban J connectivity index is 2.35. The van der Waals surface area contributed by atoms with Crippen LogP contribution in [0.2, 0.25) is 5.21 Å². The van der Waals surface area contributed by atoms with E-state index in [1.807, 2.05) is 24.3 Å². The Bertz CT molecular complexity index is 914. The van der Waals surface area contributed by atoms with Crippen molar-refractivity contribution in [2.75, 3.05) is 13.7 Å². The molecule has 0 spiro atoms. The first-order valence-electron chi connectivity index (χ1n) is 7.49. The summed E-state index contributed by atoms with van der Waals surface area (Å²) in [5.74, 6) is 0.701.